The fraction of sp³-hybridized carbons (Fsp3) is 0.120. The van der Waals surface area contributed by atoms with Gasteiger partial charge in [-0.2, -0.15) is 0 Å². The minimum atomic E-state index is 1.10. The van der Waals surface area contributed by atoms with Crippen molar-refractivity contribution in [3.05, 3.63) is 89.5 Å². The lowest BCUT2D eigenvalue weighted by atomic mass is 9.90. The Morgan fingerprint density at radius 2 is 1.48 bits per heavy atom. The molecule has 120 valence electrons. The van der Waals surface area contributed by atoms with Gasteiger partial charge in [-0.3, -0.25) is 0 Å². The molecule has 0 heterocycles. The summed E-state index contributed by atoms with van der Waals surface area (Å²) in [6, 6.07) is 26.7. The maximum absolute atomic E-state index is 2.41. The van der Waals surface area contributed by atoms with Crippen LogP contribution in [0.25, 0.3) is 38.7 Å². The third-order valence-corrected chi connectivity index (χ3v) is 5.47. The third kappa shape index (κ3) is 2.21. The molecular formula is C25H20. The number of rotatable bonds is 2. The van der Waals surface area contributed by atoms with Crippen molar-refractivity contribution in [2.75, 3.05) is 0 Å². The van der Waals surface area contributed by atoms with E-state index in [1.807, 2.05) is 0 Å². The van der Waals surface area contributed by atoms with Gasteiger partial charge in [-0.15, -0.1) is 0 Å². The van der Waals surface area contributed by atoms with E-state index in [9.17, 15) is 0 Å². The molecule has 25 heavy (non-hydrogen) atoms. The summed E-state index contributed by atoms with van der Waals surface area (Å²) in [6.07, 6.45) is 4.65. The van der Waals surface area contributed by atoms with Crippen LogP contribution in [0.15, 0.2) is 78.4 Å². The van der Waals surface area contributed by atoms with E-state index >= 15 is 0 Å². The van der Waals surface area contributed by atoms with E-state index < -0.39 is 0 Å². The highest BCUT2D eigenvalue weighted by Crippen LogP contribution is 2.40. The second-order valence-corrected chi connectivity index (χ2v) is 6.90. The van der Waals surface area contributed by atoms with Gasteiger partial charge in [-0.1, -0.05) is 85.3 Å². The molecule has 0 amide bonds. The molecule has 0 nitrogen and oxygen atoms in total. The highest BCUT2D eigenvalue weighted by atomic mass is 14.2. The van der Waals surface area contributed by atoms with Gasteiger partial charge in [-0.05, 0) is 62.7 Å². The first kappa shape index (κ1) is 14.5. The van der Waals surface area contributed by atoms with Gasteiger partial charge in [0.25, 0.3) is 0 Å². The quantitative estimate of drug-likeness (QED) is 0.348. The summed E-state index contributed by atoms with van der Waals surface area (Å²) in [5.41, 5.74) is 7.13. The van der Waals surface area contributed by atoms with E-state index in [1.165, 1.54) is 49.4 Å². The topological polar surface area (TPSA) is 0 Å². The Kier molecular flexibility index (Phi) is 3.24. The molecule has 1 aliphatic carbocycles. The van der Waals surface area contributed by atoms with Crippen LogP contribution in [0.2, 0.25) is 0 Å². The van der Waals surface area contributed by atoms with Crippen molar-refractivity contribution >= 4 is 27.6 Å². The van der Waals surface area contributed by atoms with E-state index in [1.54, 1.807) is 0 Å². The molecule has 0 aliphatic heterocycles. The second kappa shape index (κ2) is 5.60. The minimum absolute atomic E-state index is 1.10. The molecule has 0 N–H and O–H groups in total. The maximum Gasteiger partial charge on any atom is -0.00577 e. The fourth-order valence-corrected chi connectivity index (χ4v) is 4.18. The molecule has 0 fully saturated rings. The van der Waals surface area contributed by atoms with Crippen molar-refractivity contribution in [2.24, 2.45) is 0 Å². The lowest BCUT2D eigenvalue weighted by molar-refractivity contribution is 1.04. The van der Waals surface area contributed by atoms with Gasteiger partial charge >= 0.3 is 0 Å². The van der Waals surface area contributed by atoms with Crippen molar-refractivity contribution in [1.82, 2.24) is 0 Å². The molecule has 0 heteroatoms. The highest BCUT2D eigenvalue weighted by molar-refractivity contribution is 6.14. The van der Waals surface area contributed by atoms with E-state index in [-0.39, 0.29) is 0 Å². The molecule has 0 saturated carbocycles. The summed E-state index contributed by atoms with van der Waals surface area (Å²) in [7, 11) is 0. The largest absolute Gasteiger partial charge is 0.0655 e. The molecule has 4 aromatic rings. The molecule has 0 spiro atoms. The van der Waals surface area contributed by atoms with Crippen molar-refractivity contribution in [3.8, 4) is 11.1 Å². The summed E-state index contributed by atoms with van der Waals surface area (Å²) < 4.78 is 0. The summed E-state index contributed by atoms with van der Waals surface area (Å²) in [6.45, 7) is 2.25. The van der Waals surface area contributed by atoms with E-state index in [0.717, 1.165) is 12.8 Å². The van der Waals surface area contributed by atoms with Crippen LogP contribution >= 0.6 is 0 Å². The normalized spacial score (nSPS) is 13.2. The zero-order chi connectivity index (χ0) is 16.8. The Balaban J connectivity index is 1.88. The number of benzene rings is 4. The lowest BCUT2D eigenvalue weighted by Crippen LogP contribution is -1.89. The first-order chi connectivity index (χ1) is 12.3. The smallest absolute Gasteiger partial charge is 0.00577 e. The van der Waals surface area contributed by atoms with E-state index in [4.69, 9.17) is 0 Å². The van der Waals surface area contributed by atoms with E-state index in [2.05, 4.69) is 85.8 Å². The fourth-order valence-electron chi connectivity index (χ4n) is 4.18. The molecule has 5 rings (SSSR count). The Bertz CT molecular complexity index is 1150. The molecule has 0 radical (unpaired) electrons. The van der Waals surface area contributed by atoms with Gasteiger partial charge in [0.1, 0.15) is 0 Å². The van der Waals surface area contributed by atoms with Crippen molar-refractivity contribution < 1.29 is 0 Å². The molecule has 4 aromatic carbocycles. The molecule has 1 aliphatic rings. The third-order valence-electron chi connectivity index (χ3n) is 5.47. The summed E-state index contributed by atoms with van der Waals surface area (Å²) in [5.74, 6) is 0. The van der Waals surface area contributed by atoms with Crippen LogP contribution in [-0.2, 0) is 6.42 Å². The van der Waals surface area contributed by atoms with Gasteiger partial charge in [0, 0.05) is 0 Å². The second-order valence-electron chi connectivity index (χ2n) is 6.90. The molecule has 0 saturated heterocycles. The van der Waals surface area contributed by atoms with Crippen LogP contribution < -0.4 is 0 Å². The van der Waals surface area contributed by atoms with Gasteiger partial charge in [0.05, 0.1) is 0 Å². The minimum Gasteiger partial charge on any atom is -0.0655 e. The Morgan fingerprint density at radius 3 is 2.32 bits per heavy atom. The molecular weight excluding hydrogens is 300 g/mol. The monoisotopic (exact) mass is 320 g/mol. The molecule has 0 unspecified atom stereocenters. The number of fused-ring (bicyclic) bond motifs is 4. The van der Waals surface area contributed by atoms with Crippen LogP contribution in [0, 0.1) is 0 Å². The van der Waals surface area contributed by atoms with Crippen molar-refractivity contribution in [2.45, 2.75) is 19.8 Å². The maximum atomic E-state index is 2.41. The predicted octanol–water partition coefficient (Wildman–Crippen LogP) is 7.01. The average molecular weight is 320 g/mol. The zero-order valence-electron chi connectivity index (χ0n) is 14.4. The highest BCUT2D eigenvalue weighted by Gasteiger charge is 2.17. The van der Waals surface area contributed by atoms with Crippen molar-refractivity contribution in [1.29, 1.82) is 0 Å². The van der Waals surface area contributed by atoms with Crippen LogP contribution in [0.1, 0.15) is 24.5 Å². The summed E-state index contributed by atoms with van der Waals surface area (Å²) in [5, 5.41) is 5.32. The van der Waals surface area contributed by atoms with Crippen molar-refractivity contribution in [3.63, 3.8) is 0 Å². The summed E-state index contributed by atoms with van der Waals surface area (Å²) in [4.78, 5) is 0. The van der Waals surface area contributed by atoms with Gasteiger partial charge < -0.3 is 0 Å². The lowest BCUT2D eigenvalue weighted by Gasteiger charge is -2.13. The van der Waals surface area contributed by atoms with Gasteiger partial charge in [0.2, 0.25) is 0 Å². The Labute approximate surface area is 148 Å². The standard InChI is InChI=1S/C25H20/c1-2-17-14-18-9-7-13-23(24(18)15-17)25-16-19-8-3-4-10-20(19)21-11-5-6-12-22(21)25/h3-13,15-16H,2,14H2,1H3. The van der Waals surface area contributed by atoms with Crippen LogP contribution in [0.5, 0.6) is 0 Å². The van der Waals surface area contributed by atoms with Crippen LogP contribution in [0.4, 0.5) is 0 Å². The zero-order valence-corrected chi connectivity index (χ0v) is 14.4. The SMILES string of the molecule is CCC1=Cc2c(cccc2-c2cc3ccccc3c3ccccc23)C1. The van der Waals surface area contributed by atoms with E-state index in [0.29, 0.717) is 0 Å². The molecule has 0 bridgehead atoms. The number of hydrogen-bond acceptors (Lipinski definition) is 0. The number of allylic oxidation sites excluding steroid dienone is 1. The Morgan fingerprint density at radius 1 is 0.720 bits per heavy atom. The Hall–Kier alpha value is -2.86. The van der Waals surface area contributed by atoms with Gasteiger partial charge in [0.15, 0.2) is 0 Å². The molecule has 0 atom stereocenters. The van der Waals surface area contributed by atoms with Crippen LogP contribution in [0.3, 0.4) is 0 Å². The first-order valence-electron chi connectivity index (χ1n) is 9.07. The summed E-state index contributed by atoms with van der Waals surface area (Å²) >= 11 is 0. The predicted molar refractivity (Wildman–Crippen MR) is 109 cm³/mol. The van der Waals surface area contributed by atoms with Crippen LogP contribution in [-0.4, -0.2) is 0 Å². The number of hydrogen-bond donors (Lipinski definition) is 0. The first-order valence-corrected chi connectivity index (χ1v) is 9.07. The van der Waals surface area contributed by atoms with Gasteiger partial charge in [-0.25, -0.2) is 0 Å². The average Bonchev–Trinajstić information content (AvgIpc) is 3.11. The molecule has 0 aromatic heterocycles.